The molecule has 4 rings (SSSR count). The fourth-order valence-corrected chi connectivity index (χ4v) is 4.63. The molecule has 4 aromatic rings. The molecule has 3 aromatic carbocycles. The molecule has 0 N–H and O–H groups in total. The maximum atomic E-state index is 11.1. The first kappa shape index (κ1) is 25.3. The Labute approximate surface area is 215 Å². The molecule has 6 nitrogen and oxygen atoms in total. The van der Waals surface area contributed by atoms with Gasteiger partial charge in [0.2, 0.25) is 4.80 Å². The first-order valence-electron chi connectivity index (χ1n) is 11.8. The smallest absolute Gasteiger partial charge is 0.258 e. The Kier molecular flexibility index (Phi) is 7.04. The topological polar surface area (TPSA) is 72.8 Å². The normalized spacial score (nSPS) is 12.7. The van der Waals surface area contributed by atoms with Gasteiger partial charge < -0.3 is 0 Å². The molecule has 0 atom stereocenters. The van der Waals surface area contributed by atoms with Crippen LogP contribution in [0.4, 0.5) is 11.4 Å². The number of aromatic nitrogens is 1. The minimum Gasteiger partial charge on any atom is -0.258 e. The summed E-state index contributed by atoms with van der Waals surface area (Å²) in [7, 11) is 0. The zero-order valence-electron chi connectivity index (χ0n) is 21.4. The molecule has 0 saturated heterocycles. The number of benzene rings is 3. The summed E-state index contributed by atoms with van der Waals surface area (Å²) in [5.74, 6) is 0. The van der Waals surface area contributed by atoms with E-state index < -0.39 is 4.92 Å². The van der Waals surface area contributed by atoms with E-state index >= 15 is 0 Å². The summed E-state index contributed by atoms with van der Waals surface area (Å²) in [5.41, 5.74) is 8.03. The minimum atomic E-state index is -0.393. The molecule has 0 aliphatic rings. The van der Waals surface area contributed by atoms with Crippen LogP contribution in [0.2, 0.25) is 0 Å². The highest BCUT2D eigenvalue weighted by Gasteiger charge is 2.14. The molecule has 0 fully saturated rings. The van der Waals surface area contributed by atoms with Crippen LogP contribution < -0.4 is 4.80 Å². The van der Waals surface area contributed by atoms with Crippen molar-refractivity contribution in [3.05, 3.63) is 109 Å². The van der Waals surface area contributed by atoms with E-state index in [-0.39, 0.29) is 11.1 Å². The predicted octanol–water partition coefficient (Wildman–Crippen LogP) is 7.54. The molecule has 0 radical (unpaired) electrons. The zero-order valence-corrected chi connectivity index (χ0v) is 22.3. The summed E-state index contributed by atoms with van der Waals surface area (Å²) < 4.78 is 1.83. The zero-order chi connectivity index (χ0) is 26.0. The molecule has 0 saturated carbocycles. The van der Waals surface area contributed by atoms with Crippen LogP contribution in [-0.4, -0.2) is 15.3 Å². The molecule has 0 aliphatic heterocycles. The van der Waals surface area contributed by atoms with Gasteiger partial charge >= 0.3 is 0 Å². The summed E-state index contributed by atoms with van der Waals surface area (Å²) in [6.07, 6.45) is 0. The number of nitro groups is 1. The van der Waals surface area contributed by atoms with Crippen LogP contribution in [-0.2, 0) is 5.41 Å². The Balaban J connectivity index is 1.86. The van der Waals surface area contributed by atoms with Gasteiger partial charge in [0, 0.05) is 23.1 Å². The third-order valence-electron chi connectivity index (χ3n) is 6.06. The third kappa shape index (κ3) is 5.52. The van der Waals surface area contributed by atoms with Gasteiger partial charge in [0.25, 0.3) is 5.69 Å². The van der Waals surface area contributed by atoms with Crippen molar-refractivity contribution in [1.29, 1.82) is 0 Å². The number of non-ortho nitro benzene ring substituents is 1. The third-order valence-corrected chi connectivity index (χ3v) is 6.87. The molecule has 1 heterocycles. The first-order valence-corrected chi connectivity index (χ1v) is 12.6. The van der Waals surface area contributed by atoms with Crippen LogP contribution in [0.15, 0.2) is 82.2 Å². The van der Waals surface area contributed by atoms with Crippen molar-refractivity contribution in [1.82, 2.24) is 4.68 Å². The Bertz CT molecular complexity index is 1500. The van der Waals surface area contributed by atoms with Gasteiger partial charge in [-0.2, -0.15) is 5.10 Å². The Morgan fingerprint density at radius 2 is 1.64 bits per heavy atom. The summed E-state index contributed by atoms with van der Waals surface area (Å²) in [5, 5.41) is 18.1. The fourth-order valence-electron chi connectivity index (χ4n) is 3.79. The van der Waals surface area contributed by atoms with Crippen LogP contribution in [0.1, 0.15) is 49.9 Å². The number of hydrogen-bond acceptors (Lipinski definition) is 5. The van der Waals surface area contributed by atoms with Crippen molar-refractivity contribution in [2.24, 2.45) is 10.1 Å². The van der Waals surface area contributed by atoms with E-state index in [1.807, 2.05) is 30.8 Å². The van der Waals surface area contributed by atoms with Crippen LogP contribution in [0.25, 0.3) is 11.3 Å². The number of hydrogen-bond donors (Lipinski definition) is 0. The molecule has 1 aromatic heterocycles. The van der Waals surface area contributed by atoms with Crippen molar-refractivity contribution in [3.8, 4) is 11.3 Å². The van der Waals surface area contributed by atoms with E-state index in [0.717, 1.165) is 44.1 Å². The summed E-state index contributed by atoms with van der Waals surface area (Å²) >= 11 is 1.49. The minimum absolute atomic E-state index is 0.0550. The Hall–Kier alpha value is -3.84. The van der Waals surface area contributed by atoms with Crippen LogP contribution in [0, 0.1) is 24.0 Å². The van der Waals surface area contributed by atoms with Crippen LogP contribution in [0.3, 0.4) is 0 Å². The van der Waals surface area contributed by atoms with E-state index in [4.69, 9.17) is 10.1 Å². The van der Waals surface area contributed by atoms with E-state index in [1.54, 1.807) is 12.1 Å². The van der Waals surface area contributed by atoms with Crippen LogP contribution in [0.5, 0.6) is 0 Å². The highest BCUT2D eigenvalue weighted by Crippen LogP contribution is 2.26. The predicted molar refractivity (Wildman–Crippen MR) is 148 cm³/mol. The highest BCUT2D eigenvalue weighted by atomic mass is 32.1. The maximum Gasteiger partial charge on any atom is 0.269 e. The Morgan fingerprint density at radius 3 is 2.25 bits per heavy atom. The second-order valence-electron chi connectivity index (χ2n) is 9.93. The van der Waals surface area contributed by atoms with Gasteiger partial charge in [-0.1, -0.05) is 57.2 Å². The average molecular weight is 499 g/mol. The van der Waals surface area contributed by atoms with Gasteiger partial charge in [-0.3, -0.25) is 10.1 Å². The van der Waals surface area contributed by atoms with E-state index in [1.165, 1.54) is 29.0 Å². The lowest BCUT2D eigenvalue weighted by atomic mass is 9.86. The molecule has 0 bridgehead atoms. The summed E-state index contributed by atoms with van der Waals surface area (Å²) in [6.45, 7) is 12.7. The monoisotopic (exact) mass is 498 g/mol. The van der Waals surface area contributed by atoms with E-state index in [0.29, 0.717) is 0 Å². The van der Waals surface area contributed by atoms with Crippen LogP contribution >= 0.6 is 11.3 Å². The lowest BCUT2D eigenvalue weighted by molar-refractivity contribution is -0.384. The van der Waals surface area contributed by atoms with Crippen molar-refractivity contribution in [2.45, 2.75) is 47.0 Å². The van der Waals surface area contributed by atoms with Gasteiger partial charge in [-0.25, -0.2) is 9.67 Å². The standard InChI is InChI=1S/C29H30N4O2S/c1-19-7-8-20(2)26(17-19)30-28-32(27(18-36-28)23-11-15-25(16-12-23)33(34)35)31-21(3)22-9-13-24(14-10-22)29(4,5)6/h7-18H,1-6H3. The van der Waals surface area contributed by atoms with E-state index in [9.17, 15) is 10.1 Å². The molecule has 36 heavy (non-hydrogen) atoms. The molecule has 0 aliphatic carbocycles. The van der Waals surface area contributed by atoms with Gasteiger partial charge in [0.15, 0.2) is 0 Å². The summed E-state index contributed by atoms with van der Waals surface area (Å²) in [4.78, 5) is 16.4. The summed E-state index contributed by atoms with van der Waals surface area (Å²) in [6, 6.07) is 21.2. The van der Waals surface area contributed by atoms with Crippen molar-refractivity contribution >= 4 is 28.4 Å². The van der Waals surface area contributed by atoms with Gasteiger partial charge in [-0.05, 0) is 66.6 Å². The second-order valence-corrected chi connectivity index (χ2v) is 10.8. The molecule has 0 unspecified atom stereocenters. The molecular weight excluding hydrogens is 468 g/mol. The molecule has 184 valence electrons. The van der Waals surface area contributed by atoms with Crippen molar-refractivity contribution < 1.29 is 4.92 Å². The fraction of sp³-hybridized carbons (Fsp3) is 0.241. The van der Waals surface area contributed by atoms with Gasteiger partial charge in [-0.15, -0.1) is 11.3 Å². The number of aryl methyl sites for hydroxylation is 2. The number of rotatable bonds is 5. The molecular formula is C29H30N4O2S. The largest absolute Gasteiger partial charge is 0.269 e. The van der Waals surface area contributed by atoms with Gasteiger partial charge in [0.1, 0.15) is 0 Å². The van der Waals surface area contributed by atoms with E-state index in [2.05, 4.69) is 63.2 Å². The molecule has 7 heteroatoms. The number of thiazole rings is 1. The molecule has 0 amide bonds. The number of nitro benzene ring substituents is 1. The van der Waals surface area contributed by atoms with Crippen molar-refractivity contribution in [2.75, 3.05) is 0 Å². The SMILES string of the molecule is CC(=Nn1c(-c2ccc([N+](=O)[O-])cc2)csc1=Nc1cc(C)ccc1C)c1ccc(C(C)(C)C)cc1. The Morgan fingerprint density at radius 1 is 0.972 bits per heavy atom. The second kappa shape index (κ2) is 10.0. The highest BCUT2D eigenvalue weighted by molar-refractivity contribution is 7.07. The van der Waals surface area contributed by atoms with Crippen molar-refractivity contribution in [3.63, 3.8) is 0 Å². The number of nitrogens with zero attached hydrogens (tertiary/aromatic N) is 4. The lowest BCUT2D eigenvalue weighted by Crippen LogP contribution is -2.14. The molecule has 0 spiro atoms. The first-order chi connectivity index (χ1) is 17.0. The quantitative estimate of drug-likeness (QED) is 0.162. The lowest BCUT2D eigenvalue weighted by Gasteiger charge is -2.19. The maximum absolute atomic E-state index is 11.1. The van der Waals surface area contributed by atoms with Gasteiger partial charge in [0.05, 0.1) is 22.0 Å². The average Bonchev–Trinajstić information content (AvgIpc) is 3.22.